The monoisotopic (exact) mass is 181 g/mol. The SMILES string of the molecule is CC(N)(c1ncno1)C(F)(F)F. The van der Waals surface area contributed by atoms with E-state index in [1.165, 1.54) is 0 Å². The minimum absolute atomic E-state index is 0.644. The van der Waals surface area contributed by atoms with Gasteiger partial charge in [0.2, 0.25) is 0 Å². The summed E-state index contributed by atoms with van der Waals surface area (Å²) < 4.78 is 40.7. The zero-order valence-electron chi connectivity index (χ0n) is 6.09. The summed E-state index contributed by atoms with van der Waals surface area (Å²) in [5.41, 5.74) is 2.36. The first-order valence-corrected chi connectivity index (χ1v) is 2.98. The van der Waals surface area contributed by atoms with E-state index in [4.69, 9.17) is 5.73 Å². The van der Waals surface area contributed by atoms with E-state index in [-0.39, 0.29) is 0 Å². The van der Waals surface area contributed by atoms with E-state index in [0.717, 1.165) is 13.3 Å². The van der Waals surface area contributed by atoms with Gasteiger partial charge in [-0.3, -0.25) is 0 Å². The van der Waals surface area contributed by atoms with E-state index in [9.17, 15) is 13.2 Å². The summed E-state index contributed by atoms with van der Waals surface area (Å²) in [6.45, 7) is 0.764. The molecule has 7 heteroatoms. The van der Waals surface area contributed by atoms with Crippen molar-refractivity contribution in [2.75, 3.05) is 0 Å². The molecule has 1 rings (SSSR count). The van der Waals surface area contributed by atoms with Gasteiger partial charge in [0.05, 0.1) is 0 Å². The third kappa shape index (κ3) is 1.27. The number of hydrogen-bond donors (Lipinski definition) is 1. The highest BCUT2D eigenvalue weighted by atomic mass is 19.4. The summed E-state index contributed by atoms with van der Waals surface area (Å²) in [4.78, 5) is 3.23. The lowest BCUT2D eigenvalue weighted by Crippen LogP contribution is -2.47. The smallest absolute Gasteiger partial charge is 0.337 e. The van der Waals surface area contributed by atoms with Crippen molar-refractivity contribution in [3.8, 4) is 0 Å². The quantitative estimate of drug-likeness (QED) is 0.696. The van der Waals surface area contributed by atoms with Crippen molar-refractivity contribution in [2.24, 2.45) is 5.73 Å². The van der Waals surface area contributed by atoms with Crippen molar-refractivity contribution in [1.82, 2.24) is 10.1 Å². The zero-order chi connectivity index (χ0) is 9.41. The Labute approximate surface area is 65.5 Å². The van der Waals surface area contributed by atoms with Gasteiger partial charge in [0, 0.05) is 0 Å². The van der Waals surface area contributed by atoms with Crippen LogP contribution < -0.4 is 5.73 Å². The Balaban J connectivity index is 3.02. The number of rotatable bonds is 1. The molecular formula is C5H6F3N3O. The Morgan fingerprint density at radius 2 is 2.08 bits per heavy atom. The molecule has 0 amide bonds. The summed E-state index contributed by atoms with van der Waals surface area (Å²) >= 11 is 0. The first-order chi connectivity index (χ1) is 5.36. The second kappa shape index (κ2) is 2.44. The molecule has 0 aliphatic rings. The van der Waals surface area contributed by atoms with Gasteiger partial charge in [-0.25, -0.2) is 0 Å². The van der Waals surface area contributed by atoms with E-state index in [2.05, 4.69) is 14.7 Å². The Hall–Kier alpha value is -1.11. The summed E-state index contributed by atoms with van der Waals surface area (Å²) in [6, 6.07) is 0. The van der Waals surface area contributed by atoms with Crippen molar-refractivity contribution in [3.63, 3.8) is 0 Å². The zero-order valence-corrected chi connectivity index (χ0v) is 6.09. The fourth-order valence-corrected chi connectivity index (χ4v) is 0.523. The highest BCUT2D eigenvalue weighted by Gasteiger charge is 2.53. The van der Waals surface area contributed by atoms with E-state index < -0.39 is 17.6 Å². The van der Waals surface area contributed by atoms with Gasteiger partial charge in [-0.1, -0.05) is 5.16 Å². The molecule has 0 fully saturated rings. The highest BCUT2D eigenvalue weighted by Crippen LogP contribution is 2.34. The number of halogens is 3. The number of hydrogen-bond acceptors (Lipinski definition) is 4. The van der Waals surface area contributed by atoms with E-state index in [0.29, 0.717) is 0 Å². The van der Waals surface area contributed by atoms with Gasteiger partial charge >= 0.3 is 6.18 Å². The molecule has 1 unspecified atom stereocenters. The topological polar surface area (TPSA) is 64.9 Å². The predicted molar refractivity (Wildman–Crippen MR) is 31.9 cm³/mol. The van der Waals surface area contributed by atoms with Gasteiger partial charge in [-0.15, -0.1) is 0 Å². The molecule has 0 aliphatic heterocycles. The minimum atomic E-state index is -4.60. The minimum Gasteiger partial charge on any atom is -0.337 e. The molecule has 0 saturated carbocycles. The van der Waals surface area contributed by atoms with Gasteiger partial charge in [-0.2, -0.15) is 18.2 Å². The Morgan fingerprint density at radius 3 is 2.42 bits per heavy atom. The second-order valence-corrected chi connectivity index (χ2v) is 2.45. The lowest BCUT2D eigenvalue weighted by molar-refractivity contribution is -0.190. The molecule has 1 atom stereocenters. The molecule has 1 aromatic rings. The lowest BCUT2D eigenvalue weighted by Gasteiger charge is -2.22. The average Bonchev–Trinajstić information content (AvgIpc) is 2.34. The van der Waals surface area contributed by atoms with Crippen LogP contribution in [0.25, 0.3) is 0 Å². The number of alkyl halides is 3. The summed E-state index contributed by atoms with van der Waals surface area (Å²) in [7, 11) is 0. The van der Waals surface area contributed by atoms with Crippen molar-refractivity contribution < 1.29 is 17.7 Å². The van der Waals surface area contributed by atoms with Gasteiger partial charge in [0.25, 0.3) is 5.89 Å². The fourth-order valence-electron chi connectivity index (χ4n) is 0.523. The molecule has 0 radical (unpaired) electrons. The maximum atomic E-state index is 12.1. The van der Waals surface area contributed by atoms with Crippen LogP contribution in [0.4, 0.5) is 13.2 Å². The van der Waals surface area contributed by atoms with Crippen LogP contribution in [0.3, 0.4) is 0 Å². The first-order valence-electron chi connectivity index (χ1n) is 2.98. The third-order valence-electron chi connectivity index (χ3n) is 1.39. The Kier molecular flexibility index (Phi) is 1.83. The van der Waals surface area contributed by atoms with Crippen LogP contribution in [0, 0.1) is 0 Å². The standard InChI is InChI=1S/C5H6F3N3O/c1-4(9,5(6,7)8)3-10-2-11-12-3/h2H,9H2,1H3. The number of aromatic nitrogens is 2. The summed E-state index contributed by atoms with van der Waals surface area (Å²) in [6.07, 6.45) is -3.73. The maximum absolute atomic E-state index is 12.1. The van der Waals surface area contributed by atoms with Crippen molar-refractivity contribution in [1.29, 1.82) is 0 Å². The molecule has 0 bridgehead atoms. The molecule has 1 heterocycles. The third-order valence-corrected chi connectivity index (χ3v) is 1.39. The van der Waals surface area contributed by atoms with Crippen molar-refractivity contribution >= 4 is 0 Å². The first kappa shape index (κ1) is 8.98. The molecule has 2 N–H and O–H groups in total. The molecule has 1 aromatic heterocycles. The molecule has 68 valence electrons. The molecule has 0 spiro atoms. The predicted octanol–water partition coefficient (Wildman–Crippen LogP) is 0.806. The van der Waals surface area contributed by atoms with Crippen LogP contribution in [0.15, 0.2) is 10.9 Å². The van der Waals surface area contributed by atoms with Crippen LogP contribution in [0.5, 0.6) is 0 Å². The van der Waals surface area contributed by atoms with E-state index >= 15 is 0 Å². The Morgan fingerprint density at radius 1 is 1.50 bits per heavy atom. The normalized spacial score (nSPS) is 17.4. The van der Waals surface area contributed by atoms with Crippen LogP contribution in [-0.2, 0) is 5.54 Å². The van der Waals surface area contributed by atoms with Gasteiger partial charge in [-0.05, 0) is 6.92 Å². The number of nitrogens with zero attached hydrogens (tertiary/aromatic N) is 2. The highest BCUT2D eigenvalue weighted by molar-refractivity contribution is 5.01. The van der Waals surface area contributed by atoms with Gasteiger partial charge < -0.3 is 10.3 Å². The Bertz CT molecular complexity index is 253. The molecule has 0 aliphatic carbocycles. The van der Waals surface area contributed by atoms with Gasteiger partial charge in [0.1, 0.15) is 0 Å². The van der Waals surface area contributed by atoms with Crippen LogP contribution >= 0.6 is 0 Å². The molecular weight excluding hydrogens is 175 g/mol. The van der Waals surface area contributed by atoms with E-state index in [1.54, 1.807) is 0 Å². The fraction of sp³-hybridized carbons (Fsp3) is 0.600. The maximum Gasteiger partial charge on any atom is 0.415 e. The molecule has 0 aromatic carbocycles. The summed E-state index contributed by atoms with van der Waals surface area (Å²) in [5, 5.41) is 3.04. The van der Waals surface area contributed by atoms with E-state index in [1.807, 2.05) is 0 Å². The van der Waals surface area contributed by atoms with Crippen LogP contribution in [-0.4, -0.2) is 16.3 Å². The van der Waals surface area contributed by atoms with Gasteiger partial charge in [0.15, 0.2) is 11.9 Å². The van der Waals surface area contributed by atoms with Crippen LogP contribution in [0.1, 0.15) is 12.8 Å². The van der Waals surface area contributed by atoms with Crippen molar-refractivity contribution in [2.45, 2.75) is 18.6 Å². The lowest BCUT2D eigenvalue weighted by atomic mass is 10.0. The average molecular weight is 181 g/mol. The molecule has 0 saturated heterocycles. The number of nitrogens with two attached hydrogens (primary N) is 1. The summed E-state index contributed by atoms with van der Waals surface area (Å²) in [5.74, 6) is -0.644. The molecule has 12 heavy (non-hydrogen) atoms. The second-order valence-electron chi connectivity index (χ2n) is 2.45. The largest absolute Gasteiger partial charge is 0.415 e. The molecule has 4 nitrogen and oxygen atoms in total. The van der Waals surface area contributed by atoms with Crippen LogP contribution in [0.2, 0.25) is 0 Å². The van der Waals surface area contributed by atoms with Crippen molar-refractivity contribution in [3.05, 3.63) is 12.2 Å².